The van der Waals surface area contributed by atoms with Gasteiger partial charge in [-0.2, -0.15) is 0 Å². The molecule has 4 saturated carbocycles. The lowest BCUT2D eigenvalue weighted by Gasteiger charge is -2.59. The van der Waals surface area contributed by atoms with Gasteiger partial charge in [-0.15, -0.1) is 0 Å². The van der Waals surface area contributed by atoms with Gasteiger partial charge in [-0.25, -0.2) is 4.98 Å². The molecule has 5 unspecified atom stereocenters. The van der Waals surface area contributed by atoms with Crippen molar-refractivity contribution in [3.8, 4) is 11.4 Å². The zero-order valence-electron chi connectivity index (χ0n) is 21.5. The van der Waals surface area contributed by atoms with Crippen LogP contribution in [0.25, 0.3) is 55.1 Å². The lowest BCUT2D eigenvalue weighted by Crippen LogP contribution is -2.55. The monoisotopic (exact) mass is 495 g/mol. The lowest BCUT2D eigenvalue weighted by molar-refractivity contribution is -0.0374. The van der Waals surface area contributed by atoms with Crippen LogP contribution in [0.1, 0.15) is 49.8 Å². The van der Waals surface area contributed by atoms with Crippen LogP contribution in [0, 0.1) is 30.1 Å². The maximum absolute atomic E-state index is 5.39. The van der Waals surface area contributed by atoms with Gasteiger partial charge in [0.1, 0.15) is 5.82 Å². The van der Waals surface area contributed by atoms with Crippen LogP contribution in [0.2, 0.25) is 0 Å². The molecule has 0 aliphatic heterocycles. The minimum absolute atomic E-state index is 0.266. The number of hydrogen-bond acceptors (Lipinski definition) is 3. The van der Waals surface area contributed by atoms with Gasteiger partial charge in [0.05, 0.1) is 22.1 Å². The Balaban J connectivity index is 1.31. The van der Waals surface area contributed by atoms with Crippen molar-refractivity contribution in [2.45, 2.75) is 50.9 Å². The Bertz CT molecular complexity index is 1920. The highest BCUT2D eigenvalue weighted by Gasteiger charge is 2.75. The number of H-pyrrole nitrogens is 2. The van der Waals surface area contributed by atoms with Crippen molar-refractivity contribution in [3.05, 3.63) is 66.1 Å². The standard InChI is InChI=1S/C33H29N5/c1-17-6-7-24-23(10-17)25(30(36-24)33-15-19-11-18-12-20(16-33)32(33,13-18)14-19)31-37-28-21-4-2-8-34-26(21)27-22(29(28)38-31)5-3-9-35-27/h2-10,18-20,36H,11-16H2,1H3,(H,37,38). The van der Waals surface area contributed by atoms with Gasteiger partial charge < -0.3 is 9.97 Å². The highest BCUT2D eigenvalue weighted by molar-refractivity contribution is 6.21. The highest BCUT2D eigenvalue weighted by atomic mass is 15.0. The van der Waals surface area contributed by atoms with Crippen molar-refractivity contribution in [1.82, 2.24) is 24.9 Å². The molecule has 5 atom stereocenters. The van der Waals surface area contributed by atoms with Crippen molar-refractivity contribution in [3.63, 3.8) is 0 Å². The molecule has 0 radical (unpaired) electrons. The molecule has 6 aromatic rings. The fraction of sp³-hybridized carbons (Fsp3) is 0.364. The van der Waals surface area contributed by atoms with Crippen LogP contribution in [0.3, 0.4) is 0 Å². The highest BCUT2D eigenvalue weighted by Crippen LogP contribution is 2.81. The van der Waals surface area contributed by atoms with Crippen LogP contribution in [0.4, 0.5) is 0 Å². The average Bonchev–Trinajstić information content (AvgIpc) is 3.62. The SMILES string of the molecule is Cc1ccc2[nH]c(C34CC5CC6CC(C3)C4(C6)C5)c(-c3nc4c5cccnc5c5ncccc5c4[nH]3)c2c1. The first-order valence-electron chi connectivity index (χ1n) is 14.3. The van der Waals surface area contributed by atoms with E-state index in [1.165, 1.54) is 66.2 Å². The van der Waals surface area contributed by atoms with Gasteiger partial charge in [-0.05, 0) is 105 Å². The van der Waals surface area contributed by atoms with E-state index in [0.717, 1.165) is 56.4 Å². The predicted molar refractivity (Wildman–Crippen MR) is 151 cm³/mol. The molecule has 38 heavy (non-hydrogen) atoms. The Morgan fingerprint density at radius 3 is 2.50 bits per heavy atom. The van der Waals surface area contributed by atoms with Crippen LogP contribution in [0.5, 0.6) is 0 Å². The molecule has 186 valence electrons. The summed E-state index contributed by atoms with van der Waals surface area (Å²) in [4.78, 5) is 22.7. The molecule has 4 fully saturated rings. The average molecular weight is 496 g/mol. The van der Waals surface area contributed by atoms with Crippen LogP contribution in [-0.2, 0) is 5.41 Å². The zero-order valence-corrected chi connectivity index (χ0v) is 21.5. The minimum Gasteiger partial charge on any atom is -0.357 e. The Morgan fingerprint density at radius 2 is 1.61 bits per heavy atom. The van der Waals surface area contributed by atoms with Gasteiger partial charge in [-0.1, -0.05) is 11.6 Å². The predicted octanol–water partition coefficient (Wildman–Crippen LogP) is 7.58. The summed E-state index contributed by atoms with van der Waals surface area (Å²) in [7, 11) is 0. The third-order valence-corrected chi connectivity index (χ3v) is 11.3. The Hall–Kier alpha value is -3.73. The number of aromatic nitrogens is 5. The first-order chi connectivity index (χ1) is 18.6. The molecular formula is C33H29N5. The van der Waals surface area contributed by atoms with Gasteiger partial charge in [0, 0.05) is 50.7 Å². The van der Waals surface area contributed by atoms with Gasteiger partial charge in [-0.3, -0.25) is 9.97 Å². The number of nitrogens with one attached hydrogen (secondary N) is 2. The van der Waals surface area contributed by atoms with E-state index >= 15 is 0 Å². The van der Waals surface area contributed by atoms with Crippen LogP contribution in [-0.4, -0.2) is 24.9 Å². The molecular weight excluding hydrogens is 466 g/mol. The molecule has 2 N–H and O–H groups in total. The fourth-order valence-electron chi connectivity index (χ4n) is 10.2. The van der Waals surface area contributed by atoms with Crippen molar-refractivity contribution in [2.24, 2.45) is 23.2 Å². The molecule has 4 aliphatic rings. The summed E-state index contributed by atoms with van der Waals surface area (Å²) in [5.41, 5.74) is 9.97. The quantitative estimate of drug-likeness (QED) is 0.243. The molecule has 3 bridgehead atoms. The van der Waals surface area contributed by atoms with E-state index in [1.807, 2.05) is 24.5 Å². The zero-order chi connectivity index (χ0) is 24.8. The van der Waals surface area contributed by atoms with Crippen LogP contribution in [0.15, 0.2) is 54.9 Å². The summed E-state index contributed by atoms with van der Waals surface area (Å²) in [6.45, 7) is 2.20. The van der Waals surface area contributed by atoms with Gasteiger partial charge >= 0.3 is 0 Å². The first-order valence-corrected chi connectivity index (χ1v) is 14.3. The first kappa shape index (κ1) is 20.3. The summed E-state index contributed by atoms with van der Waals surface area (Å²) in [5, 5.41) is 3.44. The van der Waals surface area contributed by atoms with E-state index in [-0.39, 0.29) is 5.41 Å². The van der Waals surface area contributed by atoms with Gasteiger partial charge in [0.25, 0.3) is 0 Å². The van der Waals surface area contributed by atoms with E-state index < -0.39 is 0 Å². The van der Waals surface area contributed by atoms with Crippen molar-refractivity contribution in [2.75, 3.05) is 0 Å². The number of rotatable bonds is 2. The van der Waals surface area contributed by atoms with Crippen LogP contribution >= 0.6 is 0 Å². The number of aryl methyl sites for hydroxylation is 1. The number of pyridine rings is 2. The number of imidazole rings is 1. The fourth-order valence-corrected chi connectivity index (χ4v) is 10.2. The largest absolute Gasteiger partial charge is 0.357 e. The molecule has 10 rings (SSSR count). The number of benzene rings is 2. The molecule has 4 aromatic heterocycles. The minimum atomic E-state index is 0.266. The third kappa shape index (κ3) is 2.18. The number of nitrogens with zero attached hydrogens (tertiary/aromatic N) is 3. The van der Waals surface area contributed by atoms with E-state index in [9.17, 15) is 0 Å². The smallest absolute Gasteiger partial charge is 0.141 e. The maximum atomic E-state index is 5.39. The van der Waals surface area contributed by atoms with Crippen molar-refractivity contribution in [1.29, 1.82) is 0 Å². The van der Waals surface area contributed by atoms with Gasteiger partial charge in [0.15, 0.2) is 0 Å². The normalized spacial score (nSPS) is 31.1. The van der Waals surface area contributed by atoms with E-state index in [2.05, 4.69) is 47.2 Å². The molecule has 0 saturated heterocycles. The van der Waals surface area contributed by atoms with Crippen LogP contribution < -0.4 is 0 Å². The molecule has 5 heteroatoms. The topological polar surface area (TPSA) is 70.2 Å². The van der Waals surface area contributed by atoms with Crippen molar-refractivity contribution >= 4 is 43.7 Å². The molecule has 0 amide bonds. The molecule has 1 spiro atoms. The Kier molecular flexibility index (Phi) is 3.44. The van der Waals surface area contributed by atoms with Crippen molar-refractivity contribution < 1.29 is 0 Å². The lowest BCUT2D eigenvalue weighted by atomic mass is 9.45. The second-order valence-corrected chi connectivity index (χ2v) is 13.0. The van der Waals surface area contributed by atoms with E-state index in [4.69, 9.17) is 15.0 Å². The van der Waals surface area contributed by atoms with E-state index in [0.29, 0.717) is 5.41 Å². The number of aromatic amines is 2. The number of fused-ring (bicyclic) bond motifs is 9. The Morgan fingerprint density at radius 1 is 0.789 bits per heavy atom. The summed E-state index contributed by atoms with van der Waals surface area (Å²) in [5.74, 6) is 3.75. The summed E-state index contributed by atoms with van der Waals surface area (Å²) in [6.07, 6.45) is 12.2. The third-order valence-electron chi connectivity index (χ3n) is 11.3. The second kappa shape index (κ2) is 6.45. The number of hydrogen-bond donors (Lipinski definition) is 2. The molecule has 4 heterocycles. The summed E-state index contributed by atoms with van der Waals surface area (Å²) >= 11 is 0. The van der Waals surface area contributed by atoms with Gasteiger partial charge in [0.2, 0.25) is 0 Å². The molecule has 4 aliphatic carbocycles. The molecule has 5 nitrogen and oxygen atoms in total. The maximum Gasteiger partial charge on any atom is 0.141 e. The Labute approximate surface area is 220 Å². The summed E-state index contributed by atoms with van der Waals surface area (Å²) in [6, 6.07) is 15.2. The molecule has 2 aromatic carbocycles. The van der Waals surface area contributed by atoms with E-state index in [1.54, 1.807) is 0 Å². The second-order valence-electron chi connectivity index (χ2n) is 13.0. The summed E-state index contributed by atoms with van der Waals surface area (Å²) < 4.78 is 0.